The molecule has 0 bridgehead atoms. The van der Waals surface area contributed by atoms with Crippen LogP contribution < -0.4 is 5.32 Å². The molecule has 1 aliphatic rings. The smallest absolute Gasteiger partial charge is 0.274 e. The zero-order valence-corrected chi connectivity index (χ0v) is 22.2. The number of nitrogens with one attached hydrogen (secondary N) is 1. The molecule has 38 heavy (non-hydrogen) atoms. The van der Waals surface area contributed by atoms with Gasteiger partial charge in [-0.3, -0.25) is 18.9 Å². The van der Waals surface area contributed by atoms with E-state index in [4.69, 9.17) is 5.10 Å². The standard InChI is InChI=1S/C30H33N7O/c1-4-24-29-25(9-6-10-26(29)37(34-24)19-23-8-5-7-21(3)32-23)33-30(38)27-16-31-28-15-22(12-14-36(27)28)11-13-35-17-20(2)18-35/h5-10,12,14-16,20H,4,11,13,17-19H2,1-3H3,(H,33,38). The summed E-state index contributed by atoms with van der Waals surface area (Å²) in [5, 5.41) is 8.98. The molecule has 1 amide bonds. The number of anilines is 1. The first-order valence-corrected chi connectivity index (χ1v) is 13.4. The van der Waals surface area contributed by atoms with Crippen LogP contribution in [-0.4, -0.2) is 54.6 Å². The Kier molecular flexibility index (Phi) is 6.41. The highest BCUT2D eigenvalue weighted by Gasteiger charge is 2.22. The number of rotatable bonds is 8. The van der Waals surface area contributed by atoms with E-state index in [0.717, 1.165) is 64.6 Å². The fourth-order valence-corrected chi connectivity index (χ4v) is 5.45. The Morgan fingerprint density at radius 3 is 2.76 bits per heavy atom. The first-order valence-electron chi connectivity index (χ1n) is 13.4. The molecule has 0 saturated carbocycles. The number of aromatic nitrogens is 5. The number of imidazole rings is 1. The highest BCUT2D eigenvalue weighted by molar-refractivity contribution is 6.08. The summed E-state index contributed by atoms with van der Waals surface area (Å²) in [6.45, 7) is 10.4. The Labute approximate surface area is 222 Å². The summed E-state index contributed by atoms with van der Waals surface area (Å²) in [6, 6.07) is 16.1. The molecule has 1 aliphatic heterocycles. The van der Waals surface area contributed by atoms with E-state index in [2.05, 4.69) is 46.2 Å². The van der Waals surface area contributed by atoms with E-state index < -0.39 is 0 Å². The number of carbonyl (C=O) groups excluding carboxylic acids is 1. The molecule has 8 nitrogen and oxygen atoms in total. The number of benzene rings is 1. The van der Waals surface area contributed by atoms with Crippen LogP contribution in [-0.2, 0) is 19.4 Å². The first-order chi connectivity index (χ1) is 18.5. The molecular formula is C30H33N7O. The monoisotopic (exact) mass is 507 g/mol. The van der Waals surface area contributed by atoms with E-state index in [-0.39, 0.29) is 5.91 Å². The third-order valence-corrected chi connectivity index (χ3v) is 7.36. The summed E-state index contributed by atoms with van der Waals surface area (Å²) in [6.07, 6.45) is 5.35. The van der Waals surface area contributed by atoms with Gasteiger partial charge in [-0.1, -0.05) is 26.0 Å². The number of aryl methyl sites for hydroxylation is 2. The number of pyridine rings is 2. The van der Waals surface area contributed by atoms with E-state index in [1.54, 1.807) is 6.20 Å². The summed E-state index contributed by atoms with van der Waals surface area (Å²) in [5.41, 5.74) is 7.14. The lowest BCUT2D eigenvalue weighted by Crippen LogP contribution is -2.45. The van der Waals surface area contributed by atoms with Crippen LogP contribution in [0, 0.1) is 12.8 Å². The normalized spacial score (nSPS) is 14.3. The molecule has 0 spiro atoms. The van der Waals surface area contributed by atoms with Crippen LogP contribution in [0.2, 0.25) is 0 Å². The molecule has 1 aromatic carbocycles. The second kappa shape index (κ2) is 10.0. The van der Waals surface area contributed by atoms with Crippen molar-refractivity contribution in [3.05, 3.63) is 89.3 Å². The lowest BCUT2D eigenvalue weighted by atomic mass is 10.0. The van der Waals surface area contributed by atoms with Crippen molar-refractivity contribution in [3.8, 4) is 0 Å². The van der Waals surface area contributed by atoms with Gasteiger partial charge in [0.05, 0.1) is 35.3 Å². The Morgan fingerprint density at radius 1 is 1.13 bits per heavy atom. The molecule has 1 N–H and O–H groups in total. The molecule has 5 heterocycles. The van der Waals surface area contributed by atoms with Gasteiger partial charge in [0.25, 0.3) is 5.91 Å². The van der Waals surface area contributed by atoms with E-state index in [0.29, 0.717) is 12.2 Å². The average molecular weight is 508 g/mol. The van der Waals surface area contributed by atoms with Crippen molar-refractivity contribution in [1.82, 2.24) is 29.0 Å². The van der Waals surface area contributed by atoms with Gasteiger partial charge in [0.15, 0.2) is 0 Å². The fourth-order valence-electron chi connectivity index (χ4n) is 5.45. The molecule has 0 atom stereocenters. The highest BCUT2D eigenvalue weighted by atomic mass is 16.2. The minimum absolute atomic E-state index is 0.192. The number of likely N-dealkylation sites (tertiary alicyclic amines) is 1. The van der Waals surface area contributed by atoms with Crippen LogP contribution in [0.15, 0.2) is 60.9 Å². The average Bonchev–Trinajstić information content (AvgIpc) is 3.48. The summed E-state index contributed by atoms with van der Waals surface area (Å²) >= 11 is 0. The van der Waals surface area contributed by atoms with Crippen molar-refractivity contribution in [3.63, 3.8) is 0 Å². The second-order valence-corrected chi connectivity index (χ2v) is 10.4. The zero-order valence-electron chi connectivity index (χ0n) is 22.2. The summed E-state index contributed by atoms with van der Waals surface area (Å²) in [4.78, 5) is 25.1. The van der Waals surface area contributed by atoms with Crippen LogP contribution in [0.1, 0.15) is 47.0 Å². The van der Waals surface area contributed by atoms with E-state index in [1.807, 2.05) is 58.6 Å². The maximum Gasteiger partial charge on any atom is 0.274 e. The van der Waals surface area contributed by atoms with Gasteiger partial charge < -0.3 is 10.2 Å². The molecule has 8 heteroatoms. The van der Waals surface area contributed by atoms with E-state index >= 15 is 0 Å². The van der Waals surface area contributed by atoms with Crippen molar-refractivity contribution in [2.45, 2.75) is 40.2 Å². The van der Waals surface area contributed by atoms with Crippen LogP contribution in [0.5, 0.6) is 0 Å². The molecule has 5 aromatic rings. The van der Waals surface area contributed by atoms with Crippen LogP contribution in [0.4, 0.5) is 5.69 Å². The molecule has 194 valence electrons. The van der Waals surface area contributed by atoms with Gasteiger partial charge in [0, 0.05) is 36.9 Å². The Bertz CT molecular complexity index is 1630. The zero-order chi connectivity index (χ0) is 26.2. The van der Waals surface area contributed by atoms with Crippen molar-refractivity contribution < 1.29 is 4.79 Å². The number of hydrogen-bond donors (Lipinski definition) is 1. The van der Waals surface area contributed by atoms with Crippen molar-refractivity contribution in [2.75, 3.05) is 25.0 Å². The first kappa shape index (κ1) is 24.3. The van der Waals surface area contributed by atoms with Crippen LogP contribution in [0.3, 0.4) is 0 Å². The Morgan fingerprint density at radius 2 is 1.97 bits per heavy atom. The SMILES string of the molecule is CCc1nn(Cc2cccc(C)n2)c2cccc(NC(=O)c3cnc4cc(CCN5CC(C)C5)ccn34)c12. The number of carbonyl (C=O) groups is 1. The van der Waals surface area contributed by atoms with Crippen molar-refractivity contribution in [1.29, 1.82) is 0 Å². The number of amides is 1. The Hall–Kier alpha value is -4.04. The molecule has 1 saturated heterocycles. The molecule has 0 aliphatic carbocycles. The summed E-state index contributed by atoms with van der Waals surface area (Å²) < 4.78 is 3.83. The Balaban J connectivity index is 1.24. The van der Waals surface area contributed by atoms with Gasteiger partial charge in [-0.25, -0.2) is 4.98 Å². The van der Waals surface area contributed by atoms with Gasteiger partial charge in [0.1, 0.15) is 11.3 Å². The fraction of sp³-hybridized carbons (Fsp3) is 0.333. The van der Waals surface area contributed by atoms with Crippen molar-refractivity contribution >= 4 is 28.1 Å². The predicted octanol–water partition coefficient (Wildman–Crippen LogP) is 4.74. The molecule has 4 aromatic heterocycles. The lowest BCUT2D eigenvalue weighted by molar-refractivity contribution is 0.102. The van der Waals surface area contributed by atoms with Gasteiger partial charge in [-0.15, -0.1) is 0 Å². The minimum atomic E-state index is -0.192. The predicted molar refractivity (Wildman–Crippen MR) is 150 cm³/mol. The molecular weight excluding hydrogens is 474 g/mol. The van der Waals surface area contributed by atoms with Crippen molar-refractivity contribution in [2.24, 2.45) is 5.92 Å². The van der Waals surface area contributed by atoms with E-state index in [9.17, 15) is 4.79 Å². The second-order valence-electron chi connectivity index (χ2n) is 10.4. The largest absolute Gasteiger partial charge is 0.320 e. The van der Waals surface area contributed by atoms with Gasteiger partial charge >= 0.3 is 0 Å². The number of nitrogens with zero attached hydrogens (tertiary/aromatic N) is 6. The minimum Gasteiger partial charge on any atom is -0.320 e. The summed E-state index contributed by atoms with van der Waals surface area (Å²) in [7, 11) is 0. The van der Waals surface area contributed by atoms with Crippen LogP contribution in [0.25, 0.3) is 16.6 Å². The maximum absolute atomic E-state index is 13.4. The van der Waals surface area contributed by atoms with Crippen LogP contribution >= 0.6 is 0 Å². The third kappa shape index (κ3) is 4.67. The topological polar surface area (TPSA) is 80.3 Å². The molecule has 0 radical (unpaired) electrons. The van der Waals surface area contributed by atoms with Gasteiger partial charge in [0.2, 0.25) is 0 Å². The highest BCUT2D eigenvalue weighted by Crippen LogP contribution is 2.29. The molecule has 6 rings (SSSR count). The maximum atomic E-state index is 13.4. The lowest BCUT2D eigenvalue weighted by Gasteiger charge is -2.37. The number of fused-ring (bicyclic) bond motifs is 2. The molecule has 0 unspecified atom stereocenters. The quantitative estimate of drug-likeness (QED) is 0.328. The van der Waals surface area contributed by atoms with E-state index in [1.165, 1.54) is 18.7 Å². The van der Waals surface area contributed by atoms with Gasteiger partial charge in [-0.2, -0.15) is 5.10 Å². The molecule has 1 fully saturated rings. The summed E-state index contributed by atoms with van der Waals surface area (Å²) in [5.74, 6) is 0.618. The number of hydrogen-bond acceptors (Lipinski definition) is 5. The van der Waals surface area contributed by atoms with Gasteiger partial charge in [-0.05, 0) is 67.6 Å². The third-order valence-electron chi connectivity index (χ3n) is 7.36.